The van der Waals surface area contributed by atoms with Crippen LogP contribution in [0.3, 0.4) is 0 Å². The van der Waals surface area contributed by atoms with Gasteiger partial charge in [-0.1, -0.05) is 67.6 Å². The van der Waals surface area contributed by atoms with Crippen molar-refractivity contribution in [2.75, 3.05) is 13.1 Å². The zero-order valence-electron chi connectivity index (χ0n) is 11.3. The van der Waals surface area contributed by atoms with Crippen LogP contribution < -0.4 is 0 Å². The average Bonchev–Trinajstić information content (AvgIpc) is 2.48. The highest BCUT2D eigenvalue weighted by molar-refractivity contribution is 5.97. The van der Waals surface area contributed by atoms with Crippen molar-refractivity contribution in [1.29, 1.82) is 0 Å². The fraction of sp³-hybridized carbons (Fsp3) is 0.235. The highest BCUT2D eigenvalue weighted by atomic mass is 16.1. The Balaban J connectivity index is 1.98. The maximum Gasteiger partial charge on any atom is 0.176 e. The van der Waals surface area contributed by atoms with Gasteiger partial charge in [-0.25, -0.2) is 0 Å². The summed E-state index contributed by atoms with van der Waals surface area (Å²) in [6, 6.07) is 19.7. The molecule has 0 aliphatic rings. The molecule has 0 N–H and O–H groups in total. The van der Waals surface area contributed by atoms with Gasteiger partial charge in [0.2, 0.25) is 0 Å². The molecule has 0 saturated heterocycles. The quantitative estimate of drug-likeness (QED) is 0.735. The van der Waals surface area contributed by atoms with E-state index in [-0.39, 0.29) is 5.78 Å². The van der Waals surface area contributed by atoms with Crippen molar-refractivity contribution in [3.63, 3.8) is 0 Å². The summed E-state index contributed by atoms with van der Waals surface area (Å²) in [6.07, 6.45) is 0. The molecule has 2 heteroatoms. The Hall–Kier alpha value is -1.93. The van der Waals surface area contributed by atoms with Crippen molar-refractivity contribution in [3.05, 3.63) is 71.8 Å². The van der Waals surface area contributed by atoms with E-state index in [4.69, 9.17) is 0 Å². The van der Waals surface area contributed by atoms with Gasteiger partial charge in [0.15, 0.2) is 5.78 Å². The summed E-state index contributed by atoms with van der Waals surface area (Å²) in [5, 5.41) is 0. The summed E-state index contributed by atoms with van der Waals surface area (Å²) in [6.45, 7) is 4.24. The fourth-order valence-corrected chi connectivity index (χ4v) is 2.04. The first-order valence-corrected chi connectivity index (χ1v) is 6.64. The monoisotopic (exact) mass is 253 g/mol. The second-order valence-corrected chi connectivity index (χ2v) is 4.58. The lowest BCUT2D eigenvalue weighted by atomic mass is 10.1. The number of nitrogens with zero attached hydrogens (tertiary/aromatic N) is 1. The van der Waals surface area contributed by atoms with Crippen LogP contribution in [0.25, 0.3) is 0 Å². The molecule has 0 aliphatic carbocycles. The molecule has 0 radical (unpaired) electrons. The van der Waals surface area contributed by atoms with Crippen LogP contribution in [0.4, 0.5) is 0 Å². The number of hydrogen-bond donors (Lipinski definition) is 0. The van der Waals surface area contributed by atoms with E-state index in [1.807, 2.05) is 48.5 Å². The van der Waals surface area contributed by atoms with E-state index in [1.54, 1.807) is 0 Å². The lowest BCUT2D eigenvalue weighted by Crippen LogP contribution is -2.29. The molecule has 2 aromatic carbocycles. The first-order valence-electron chi connectivity index (χ1n) is 6.64. The normalized spacial score (nSPS) is 10.6. The summed E-state index contributed by atoms with van der Waals surface area (Å²) in [7, 11) is 0. The van der Waals surface area contributed by atoms with Crippen molar-refractivity contribution in [2.24, 2.45) is 0 Å². The summed E-state index contributed by atoms with van der Waals surface area (Å²) in [5.74, 6) is 0.179. The van der Waals surface area contributed by atoms with Crippen molar-refractivity contribution in [2.45, 2.75) is 13.5 Å². The van der Waals surface area contributed by atoms with E-state index in [0.29, 0.717) is 6.54 Å². The lowest BCUT2D eigenvalue weighted by molar-refractivity contribution is 0.0929. The molecule has 0 amide bonds. The molecule has 19 heavy (non-hydrogen) atoms. The summed E-state index contributed by atoms with van der Waals surface area (Å²) in [5.41, 5.74) is 2.03. The van der Waals surface area contributed by atoms with Crippen LogP contribution in [-0.4, -0.2) is 23.8 Å². The molecule has 2 rings (SSSR count). The Morgan fingerprint density at radius 2 is 1.53 bits per heavy atom. The number of hydrogen-bond acceptors (Lipinski definition) is 2. The van der Waals surface area contributed by atoms with Crippen molar-refractivity contribution >= 4 is 5.78 Å². The number of Topliss-reactive ketones (excluding diaryl/α,β-unsaturated/α-hetero) is 1. The Morgan fingerprint density at radius 1 is 0.947 bits per heavy atom. The third kappa shape index (κ3) is 4.04. The molecular formula is C17H19NO. The van der Waals surface area contributed by atoms with Gasteiger partial charge in [0.25, 0.3) is 0 Å². The summed E-state index contributed by atoms with van der Waals surface area (Å²) < 4.78 is 0. The lowest BCUT2D eigenvalue weighted by Gasteiger charge is -2.19. The van der Waals surface area contributed by atoms with Gasteiger partial charge in [-0.3, -0.25) is 9.69 Å². The van der Waals surface area contributed by atoms with Crippen LogP contribution in [0, 0.1) is 0 Å². The van der Waals surface area contributed by atoms with E-state index in [9.17, 15) is 4.79 Å². The first-order chi connectivity index (χ1) is 9.29. The van der Waals surface area contributed by atoms with Gasteiger partial charge in [-0.2, -0.15) is 0 Å². The largest absolute Gasteiger partial charge is 0.293 e. The fourth-order valence-electron chi connectivity index (χ4n) is 2.04. The van der Waals surface area contributed by atoms with Crippen LogP contribution in [0.15, 0.2) is 60.7 Å². The highest BCUT2D eigenvalue weighted by Crippen LogP contribution is 2.07. The summed E-state index contributed by atoms with van der Waals surface area (Å²) in [4.78, 5) is 14.3. The number of ketones is 1. The SMILES string of the molecule is CCN(CC(=O)c1ccccc1)Cc1ccccc1. The van der Waals surface area contributed by atoms with Gasteiger partial charge in [0.05, 0.1) is 6.54 Å². The van der Waals surface area contributed by atoms with Crippen LogP contribution in [-0.2, 0) is 6.54 Å². The zero-order chi connectivity index (χ0) is 13.5. The third-order valence-corrected chi connectivity index (χ3v) is 3.16. The molecule has 0 aliphatic heterocycles. The topological polar surface area (TPSA) is 20.3 Å². The minimum Gasteiger partial charge on any atom is -0.293 e. The molecule has 0 saturated carbocycles. The van der Waals surface area contributed by atoms with Gasteiger partial charge in [-0.15, -0.1) is 0 Å². The second kappa shape index (κ2) is 6.86. The number of benzene rings is 2. The van der Waals surface area contributed by atoms with E-state index < -0.39 is 0 Å². The Kier molecular flexibility index (Phi) is 4.87. The van der Waals surface area contributed by atoms with Crippen LogP contribution in [0.2, 0.25) is 0 Å². The van der Waals surface area contributed by atoms with Gasteiger partial charge in [0, 0.05) is 12.1 Å². The summed E-state index contributed by atoms with van der Waals surface area (Å²) >= 11 is 0. The highest BCUT2D eigenvalue weighted by Gasteiger charge is 2.11. The minimum atomic E-state index is 0.179. The molecule has 98 valence electrons. The van der Waals surface area contributed by atoms with E-state index in [2.05, 4.69) is 24.0 Å². The van der Waals surface area contributed by atoms with E-state index in [1.165, 1.54) is 5.56 Å². The van der Waals surface area contributed by atoms with Gasteiger partial charge in [-0.05, 0) is 12.1 Å². The molecule has 2 nitrogen and oxygen atoms in total. The number of carbonyl (C=O) groups excluding carboxylic acids is 1. The van der Waals surface area contributed by atoms with Crippen molar-refractivity contribution < 1.29 is 4.79 Å². The molecule has 0 unspecified atom stereocenters. The Labute approximate surface area is 114 Å². The van der Waals surface area contributed by atoms with Gasteiger partial charge in [0.1, 0.15) is 0 Å². The minimum absolute atomic E-state index is 0.179. The van der Waals surface area contributed by atoms with Crippen LogP contribution in [0.1, 0.15) is 22.8 Å². The number of carbonyl (C=O) groups is 1. The van der Waals surface area contributed by atoms with Crippen molar-refractivity contribution in [1.82, 2.24) is 4.90 Å². The predicted octanol–water partition coefficient (Wildman–Crippen LogP) is 3.39. The standard InChI is InChI=1S/C17H19NO/c1-2-18(13-15-9-5-3-6-10-15)14-17(19)16-11-7-4-8-12-16/h3-12H,2,13-14H2,1H3. The molecule has 0 fully saturated rings. The molecule has 0 bridgehead atoms. The molecule has 0 aromatic heterocycles. The number of likely N-dealkylation sites (N-methyl/N-ethyl adjacent to an activating group) is 1. The second-order valence-electron chi connectivity index (χ2n) is 4.58. The Morgan fingerprint density at radius 3 is 2.11 bits per heavy atom. The van der Waals surface area contributed by atoms with Crippen LogP contribution in [0.5, 0.6) is 0 Å². The molecule has 0 atom stereocenters. The van der Waals surface area contributed by atoms with E-state index in [0.717, 1.165) is 18.7 Å². The van der Waals surface area contributed by atoms with Crippen molar-refractivity contribution in [3.8, 4) is 0 Å². The van der Waals surface area contributed by atoms with Gasteiger partial charge >= 0.3 is 0 Å². The maximum atomic E-state index is 12.2. The third-order valence-electron chi connectivity index (χ3n) is 3.16. The Bertz CT molecular complexity index is 507. The molecule has 2 aromatic rings. The number of rotatable bonds is 6. The molecule has 0 heterocycles. The first kappa shape index (κ1) is 13.5. The molecule has 0 spiro atoms. The molecular weight excluding hydrogens is 234 g/mol. The van der Waals surface area contributed by atoms with E-state index >= 15 is 0 Å². The maximum absolute atomic E-state index is 12.2. The zero-order valence-corrected chi connectivity index (χ0v) is 11.3. The average molecular weight is 253 g/mol. The predicted molar refractivity (Wildman–Crippen MR) is 78.2 cm³/mol. The smallest absolute Gasteiger partial charge is 0.176 e. The van der Waals surface area contributed by atoms with Crippen LogP contribution >= 0.6 is 0 Å². The van der Waals surface area contributed by atoms with Gasteiger partial charge < -0.3 is 0 Å².